The van der Waals surface area contributed by atoms with E-state index in [9.17, 15) is 9.59 Å². The number of hydrogen-bond acceptors (Lipinski definition) is 5. The van der Waals surface area contributed by atoms with Gasteiger partial charge >= 0.3 is 0 Å². The number of pyridine rings is 1. The molecule has 1 aliphatic heterocycles. The van der Waals surface area contributed by atoms with Gasteiger partial charge in [0.05, 0.1) is 29.9 Å². The quantitative estimate of drug-likeness (QED) is 0.684. The fourth-order valence-electron chi connectivity index (χ4n) is 3.70. The van der Waals surface area contributed by atoms with Crippen molar-refractivity contribution in [3.63, 3.8) is 0 Å². The number of carbonyl (C=O) groups is 2. The summed E-state index contributed by atoms with van der Waals surface area (Å²) >= 11 is 0. The van der Waals surface area contributed by atoms with E-state index in [1.54, 1.807) is 35.0 Å². The molecule has 162 valence electrons. The third kappa shape index (κ3) is 4.44. The standard InChI is InChI=1S/C23H27N5O3/c1-15(2)13-24-22(29)17-12-19(26-18-7-5-4-6-16(17)18)21-14-28(10-11-31-21)23(30)20-8-9-25-27(20)3/h4-9,12,15,21H,10-11,13-14H2,1-3H3,(H,24,29)/t21-/m0/s1. The normalized spacial score (nSPS) is 16.6. The molecule has 8 nitrogen and oxygen atoms in total. The monoisotopic (exact) mass is 421 g/mol. The van der Waals surface area contributed by atoms with Crippen LogP contribution in [0.3, 0.4) is 0 Å². The number of morpholine rings is 1. The molecule has 0 saturated carbocycles. The van der Waals surface area contributed by atoms with Crippen molar-refractivity contribution in [2.75, 3.05) is 26.2 Å². The first-order chi connectivity index (χ1) is 14.9. The predicted molar refractivity (Wildman–Crippen MR) is 117 cm³/mol. The van der Waals surface area contributed by atoms with Crippen LogP contribution in [0.1, 0.15) is 46.5 Å². The maximum atomic E-state index is 12.9. The number of fused-ring (bicyclic) bond motifs is 1. The molecule has 31 heavy (non-hydrogen) atoms. The zero-order chi connectivity index (χ0) is 22.0. The third-order valence-corrected chi connectivity index (χ3v) is 5.38. The average molecular weight is 422 g/mol. The lowest BCUT2D eigenvalue weighted by atomic mass is 10.0. The lowest BCUT2D eigenvalue weighted by Crippen LogP contribution is -2.43. The summed E-state index contributed by atoms with van der Waals surface area (Å²) in [4.78, 5) is 32.3. The number of para-hydroxylation sites is 1. The molecule has 0 bridgehead atoms. The van der Waals surface area contributed by atoms with Gasteiger partial charge in [-0.3, -0.25) is 14.3 Å². The summed E-state index contributed by atoms with van der Waals surface area (Å²) in [5.74, 6) is 0.126. The van der Waals surface area contributed by atoms with E-state index >= 15 is 0 Å². The van der Waals surface area contributed by atoms with Crippen LogP contribution in [0, 0.1) is 5.92 Å². The first-order valence-corrected chi connectivity index (χ1v) is 10.5. The minimum absolute atomic E-state index is 0.0935. The largest absolute Gasteiger partial charge is 0.368 e. The summed E-state index contributed by atoms with van der Waals surface area (Å²) < 4.78 is 7.53. The van der Waals surface area contributed by atoms with Gasteiger partial charge in [-0.1, -0.05) is 32.0 Å². The van der Waals surface area contributed by atoms with Gasteiger partial charge in [0.1, 0.15) is 11.8 Å². The van der Waals surface area contributed by atoms with Gasteiger partial charge in [0.25, 0.3) is 11.8 Å². The minimum atomic E-state index is -0.410. The van der Waals surface area contributed by atoms with Crippen molar-refractivity contribution in [1.82, 2.24) is 25.0 Å². The highest BCUT2D eigenvalue weighted by atomic mass is 16.5. The van der Waals surface area contributed by atoms with Gasteiger partial charge in [0.15, 0.2) is 0 Å². The Morgan fingerprint density at radius 3 is 2.81 bits per heavy atom. The molecule has 1 saturated heterocycles. The fourth-order valence-corrected chi connectivity index (χ4v) is 3.70. The Morgan fingerprint density at radius 1 is 1.26 bits per heavy atom. The van der Waals surface area contributed by atoms with Gasteiger partial charge < -0.3 is 15.0 Å². The fraction of sp³-hybridized carbons (Fsp3) is 0.391. The molecule has 0 unspecified atom stereocenters. The van der Waals surface area contributed by atoms with Gasteiger partial charge in [-0.05, 0) is 24.1 Å². The maximum Gasteiger partial charge on any atom is 0.272 e. The van der Waals surface area contributed by atoms with Gasteiger partial charge in [-0.15, -0.1) is 0 Å². The molecule has 1 fully saturated rings. The number of amides is 2. The van der Waals surface area contributed by atoms with Crippen LogP contribution >= 0.6 is 0 Å². The van der Waals surface area contributed by atoms with Crippen molar-refractivity contribution < 1.29 is 14.3 Å². The highest BCUT2D eigenvalue weighted by Crippen LogP contribution is 2.26. The predicted octanol–water partition coefficient (Wildman–Crippen LogP) is 2.57. The Balaban J connectivity index is 1.63. The average Bonchev–Trinajstić information content (AvgIpc) is 3.22. The van der Waals surface area contributed by atoms with E-state index in [-0.39, 0.29) is 11.8 Å². The van der Waals surface area contributed by atoms with Gasteiger partial charge in [-0.2, -0.15) is 5.10 Å². The van der Waals surface area contributed by atoms with Crippen LogP contribution in [-0.4, -0.2) is 57.7 Å². The van der Waals surface area contributed by atoms with E-state index in [1.807, 2.05) is 24.3 Å². The molecule has 0 aliphatic carbocycles. The van der Waals surface area contributed by atoms with Gasteiger partial charge in [0, 0.05) is 31.7 Å². The summed E-state index contributed by atoms with van der Waals surface area (Å²) in [6.07, 6.45) is 1.20. The summed E-state index contributed by atoms with van der Waals surface area (Å²) in [6.45, 7) is 5.97. The van der Waals surface area contributed by atoms with Crippen LogP contribution < -0.4 is 5.32 Å². The second kappa shape index (κ2) is 8.85. The lowest BCUT2D eigenvalue weighted by Gasteiger charge is -2.33. The maximum absolute atomic E-state index is 12.9. The molecule has 2 amide bonds. The second-order valence-electron chi connectivity index (χ2n) is 8.17. The van der Waals surface area contributed by atoms with Gasteiger partial charge in [0.2, 0.25) is 0 Å². The van der Waals surface area contributed by atoms with Crippen LogP contribution in [0.4, 0.5) is 0 Å². The number of rotatable bonds is 5. The SMILES string of the molecule is CC(C)CNC(=O)c1cc([C@@H]2CN(C(=O)c3ccnn3C)CCO2)nc2ccccc12. The molecule has 8 heteroatoms. The van der Waals surface area contributed by atoms with Crippen LogP contribution in [0.2, 0.25) is 0 Å². The Morgan fingerprint density at radius 2 is 2.06 bits per heavy atom. The zero-order valence-corrected chi connectivity index (χ0v) is 18.0. The van der Waals surface area contributed by atoms with Crippen LogP contribution in [0.15, 0.2) is 42.6 Å². The molecule has 0 radical (unpaired) electrons. The smallest absolute Gasteiger partial charge is 0.272 e. The van der Waals surface area contributed by atoms with E-state index in [0.29, 0.717) is 49.1 Å². The highest BCUT2D eigenvalue weighted by Gasteiger charge is 2.29. The van der Waals surface area contributed by atoms with E-state index in [0.717, 1.165) is 10.9 Å². The zero-order valence-electron chi connectivity index (χ0n) is 18.0. The molecular formula is C23H27N5O3. The number of aryl methyl sites for hydroxylation is 1. The van der Waals surface area contributed by atoms with Crippen LogP contribution in [-0.2, 0) is 11.8 Å². The molecule has 2 aromatic heterocycles. The summed E-state index contributed by atoms with van der Waals surface area (Å²) in [5.41, 5.74) is 2.48. The van der Waals surface area contributed by atoms with Gasteiger partial charge in [-0.25, -0.2) is 4.98 Å². The molecule has 1 aliphatic rings. The number of benzene rings is 1. The van der Waals surface area contributed by atoms with E-state index in [1.165, 1.54) is 0 Å². The third-order valence-electron chi connectivity index (χ3n) is 5.38. The summed E-state index contributed by atoms with van der Waals surface area (Å²) in [6, 6.07) is 11.1. The van der Waals surface area contributed by atoms with Crippen molar-refractivity contribution in [2.24, 2.45) is 13.0 Å². The Kier molecular flexibility index (Phi) is 5.99. The molecule has 1 N–H and O–H groups in total. The topological polar surface area (TPSA) is 89.4 Å². The van der Waals surface area contributed by atoms with Crippen molar-refractivity contribution >= 4 is 22.7 Å². The summed E-state index contributed by atoms with van der Waals surface area (Å²) in [7, 11) is 1.75. The number of aromatic nitrogens is 3. The molecule has 1 aromatic carbocycles. The lowest BCUT2D eigenvalue weighted by molar-refractivity contribution is -0.0249. The number of hydrogen-bond donors (Lipinski definition) is 1. The Bertz CT molecular complexity index is 1110. The van der Waals surface area contributed by atoms with Crippen molar-refractivity contribution in [1.29, 1.82) is 0 Å². The molecule has 3 heterocycles. The molecule has 4 rings (SSSR count). The van der Waals surface area contributed by atoms with Crippen molar-refractivity contribution in [2.45, 2.75) is 20.0 Å². The van der Waals surface area contributed by atoms with E-state index in [4.69, 9.17) is 9.72 Å². The Labute approximate surface area is 181 Å². The minimum Gasteiger partial charge on any atom is -0.368 e. The number of ether oxygens (including phenoxy) is 1. The van der Waals surface area contributed by atoms with Crippen LogP contribution in [0.5, 0.6) is 0 Å². The van der Waals surface area contributed by atoms with Crippen molar-refractivity contribution in [3.8, 4) is 0 Å². The first kappa shape index (κ1) is 21.0. The molecule has 1 atom stereocenters. The summed E-state index contributed by atoms with van der Waals surface area (Å²) in [5, 5.41) is 7.87. The molecular weight excluding hydrogens is 394 g/mol. The number of carbonyl (C=O) groups excluding carboxylic acids is 2. The van der Waals surface area contributed by atoms with Crippen LogP contribution in [0.25, 0.3) is 10.9 Å². The first-order valence-electron chi connectivity index (χ1n) is 10.5. The number of nitrogens with zero attached hydrogens (tertiary/aromatic N) is 4. The number of nitrogens with one attached hydrogen (secondary N) is 1. The second-order valence-corrected chi connectivity index (χ2v) is 8.17. The van der Waals surface area contributed by atoms with E-state index < -0.39 is 6.10 Å². The molecule has 3 aromatic rings. The Hall–Kier alpha value is -3.26. The molecule has 0 spiro atoms. The highest BCUT2D eigenvalue weighted by molar-refractivity contribution is 6.06. The van der Waals surface area contributed by atoms with Crippen molar-refractivity contribution in [3.05, 3.63) is 59.5 Å². The van der Waals surface area contributed by atoms with E-state index in [2.05, 4.69) is 24.3 Å².